The average Bonchev–Trinajstić information content (AvgIpc) is 2.22. The summed E-state index contributed by atoms with van der Waals surface area (Å²) in [6.45, 7) is 5.76. The predicted molar refractivity (Wildman–Crippen MR) is 69.6 cm³/mol. The van der Waals surface area contributed by atoms with Gasteiger partial charge in [0.05, 0.1) is 0 Å². The summed E-state index contributed by atoms with van der Waals surface area (Å²) >= 11 is 0. The molecule has 19 heavy (non-hydrogen) atoms. The van der Waals surface area contributed by atoms with Crippen molar-refractivity contribution in [2.24, 2.45) is 0 Å². The summed E-state index contributed by atoms with van der Waals surface area (Å²) in [6.07, 6.45) is 0.148. The number of hydrogen-bond acceptors (Lipinski definition) is 4. The first-order valence-electron chi connectivity index (χ1n) is 5.85. The second-order valence-corrected chi connectivity index (χ2v) is 5.16. The van der Waals surface area contributed by atoms with Crippen molar-refractivity contribution >= 4 is 17.5 Å². The highest BCUT2D eigenvalue weighted by molar-refractivity contribution is 5.77. The maximum atomic E-state index is 13.3. The van der Waals surface area contributed by atoms with E-state index in [0.717, 1.165) is 0 Å². The van der Waals surface area contributed by atoms with Gasteiger partial charge < -0.3 is 16.4 Å². The first-order valence-corrected chi connectivity index (χ1v) is 5.85. The molecule has 0 saturated carbocycles. The lowest BCUT2D eigenvalue weighted by Crippen LogP contribution is -2.41. The highest BCUT2D eigenvalue weighted by atomic mass is 19.1. The molecule has 106 valence electrons. The summed E-state index contributed by atoms with van der Waals surface area (Å²) in [7, 11) is 0. The van der Waals surface area contributed by atoms with E-state index in [1.807, 2.05) is 20.8 Å². The second kappa shape index (κ2) is 5.81. The topological polar surface area (TPSA) is 80.0 Å². The maximum Gasteiger partial charge on any atom is 0.222 e. The Kier molecular flexibility index (Phi) is 4.63. The third-order valence-corrected chi connectivity index (χ3v) is 2.12. The zero-order chi connectivity index (χ0) is 14.6. The van der Waals surface area contributed by atoms with E-state index in [-0.39, 0.29) is 36.0 Å². The van der Waals surface area contributed by atoms with Crippen LogP contribution in [0.3, 0.4) is 0 Å². The maximum absolute atomic E-state index is 13.3. The molecule has 1 aromatic heterocycles. The van der Waals surface area contributed by atoms with Gasteiger partial charge in [-0.25, -0.2) is 13.8 Å². The Morgan fingerprint density at radius 3 is 2.58 bits per heavy atom. The molecule has 0 unspecified atom stereocenters. The molecule has 0 radical (unpaired) electrons. The molecular weight excluding hydrogens is 254 g/mol. The van der Waals surface area contributed by atoms with Crippen LogP contribution in [-0.4, -0.2) is 23.0 Å². The number of nitrogens with two attached hydrogens (primary N) is 1. The molecule has 1 heterocycles. The number of nitrogens with zero attached hydrogens (tertiary/aromatic N) is 1. The summed E-state index contributed by atoms with van der Waals surface area (Å²) in [4.78, 5) is 15.0. The van der Waals surface area contributed by atoms with Crippen molar-refractivity contribution in [3.05, 3.63) is 17.7 Å². The minimum atomic E-state index is -0.909. The van der Waals surface area contributed by atoms with Crippen LogP contribution in [-0.2, 0) is 4.79 Å². The molecule has 0 atom stereocenters. The van der Waals surface area contributed by atoms with Gasteiger partial charge in [-0.1, -0.05) is 0 Å². The van der Waals surface area contributed by atoms with Crippen molar-refractivity contribution in [3.8, 4) is 0 Å². The number of nitrogens with one attached hydrogen (secondary N) is 2. The van der Waals surface area contributed by atoms with Gasteiger partial charge in [-0.2, -0.15) is 0 Å². The van der Waals surface area contributed by atoms with Gasteiger partial charge in [-0.3, -0.25) is 4.79 Å². The Morgan fingerprint density at radius 1 is 1.37 bits per heavy atom. The third kappa shape index (κ3) is 5.07. The minimum absolute atomic E-state index is 0.148. The monoisotopic (exact) mass is 272 g/mol. The number of amides is 1. The number of carbonyl (C=O) groups excluding carboxylic acids is 1. The first-order chi connectivity index (χ1) is 8.69. The van der Waals surface area contributed by atoms with Gasteiger partial charge in [-0.05, 0) is 20.8 Å². The van der Waals surface area contributed by atoms with Crippen LogP contribution < -0.4 is 16.4 Å². The van der Waals surface area contributed by atoms with E-state index in [0.29, 0.717) is 6.07 Å². The largest absolute Gasteiger partial charge is 0.381 e. The van der Waals surface area contributed by atoms with E-state index in [1.54, 1.807) is 0 Å². The Bertz CT molecular complexity index is 472. The van der Waals surface area contributed by atoms with Gasteiger partial charge in [0.15, 0.2) is 23.3 Å². The lowest BCUT2D eigenvalue weighted by molar-refractivity contribution is -0.122. The smallest absolute Gasteiger partial charge is 0.222 e. The SMILES string of the molecule is CC(C)(C)NC(=O)CCNc1nc(N)c(F)cc1F. The van der Waals surface area contributed by atoms with E-state index in [2.05, 4.69) is 15.6 Å². The van der Waals surface area contributed by atoms with Crippen LogP contribution in [0.5, 0.6) is 0 Å². The highest BCUT2D eigenvalue weighted by Crippen LogP contribution is 2.16. The van der Waals surface area contributed by atoms with Crippen molar-refractivity contribution in [2.45, 2.75) is 32.7 Å². The third-order valence-electron chi connectivity index (χ3n) is 2.12. The second-order valence-electron chi connectivity index (χ2n) is 5.16. The number of pyridine rings is 1. The molecule has 5 nitrogen and oxygen atoms in total. The molecule has 0 spiro atoms. The number of hydrogen-bond donors (Lipinski definition) is 3. The average molecular weight is 272 g/mol. The van der Waals surface area contributed by atoms with Crippen molar-refractivity contribution in [1.82, 2.24) is 10.3 Å². The molecule has 4 N–H and O–H groups in total. The summed E-state index contributed by atoms with van der Waals surface area (Å²) in [6, 6.07) is 0.653. The lowest BCUT2D eigenvalue weighted by Gasteiger charge is -2.20. The summed E-state index contributed by atoms with van der Waals surface area (Å²) in [5, 5.41) is 5.37. The Hall–Kier alpha value is -1.92. The molecule has 0 fully saturated rings. The fraction of sp³-hybridized carbons (Fsp3) is 0.500. The van der Waals surface area contributed by atoms with Crippen LogP contribution in [0.2, 0.25) is 0 Å². The van der Waals surface area contributed by atoms with E-state index < -0.39 is 11.6 Å². The van der Waals surface area contributed by atoms with E-state index in [9.17, 15) is 13.6 Å². The molecule has 0 bridgehead atoms. The van der Waals surface area contributed by atoms with Crippen LogP contribution in [0.1, 0.15) is 27.2 Å². The zero-order valence-corrected chi connectivity index (χ0v) is 11.2. The van der Waals surface area contributed by atoms with Gasteiger partial charge in [0.2, 0.25) is 5.91 Å². The van der Waals surface area contributed by atoms with E-state index >= 15 is 0 Å². The number of rotatable bonds is 4. The van der Waals surface area contributed by atoms with Crippen LogP contribution in [0.25, 0.3) is 0 Å². The highest BCUT2D eigenvalue weighted by Gasteiger charge is 2.14. The van der Waals surface area contributed by atoms with Crippen LogP contribution in [0.4, 0.5) is 20.4 Å². The number of anilines is 2. The molecule has 0 saturated heterocycles. The molecule has 1 rings (SSSR count). The summed E-state index contributed by atoms with van der Waals surface area (Å²) in [5.74, 6) is -2.47. The molecule has 0 aliphatic carbocycles. The predicted octanol–water partition coefficient (Wildman–Crippen LogP) is 1.66. The van der Waals surface area contributed by atoms with Crippen molar-refractivity contribution in [1.29, 1.82) is 0 Å². The molecule has 1 aromatic rings. The number of aromatic nitrogens is 1. The van der Waals surface area contributed by atoms with Crippen molar-refractivity contribution in [3.63, 3.8) is 0 Å². The zero-order valence-electron chi connectivity index (χ0n) is 11.2. The van der Waals surface area contributed by atoms with E-state index in [4.69, 9.17) is 5.73 Å². The minimum Gasteiger partial charge on any atom is -0.381 e. The van der Waals surface area contributed by atoms with E-state index in [1.165, 1.54) is 0 Å². The van der Waals surface area contributed by atoms with Gasteiger partial charge in [-0.15, -0.1) is 0 Å². The van der Waals surface area contributed by atoms with Crippen LogP contribution >= 0.6 is 0 Å². The lowest BCUT2D eigenvalue weighted by atomic mass is 10.1. The fourth-order valence-corrected chi connectivity index (χ4v) is 1.38. The molecule has 7 heteroatoms. The molecule has 0 aliphatic heterocycles. The quantitative estimate of drug-likeness (QED) is 0.778. The number of halogens is 2. The molecule has 0 aromatic carbocycles. The number of nitrogen functional groups attached to an aromatic ring is 1. The molecule has 1 amide bonds. The Balaban J connectivity index is 2.50. The summed E-state index contributed by atoms with van der Waals surface area (Å²) < 4.78 is 26.2. The standard InChI is InChI=1S/C12H18F2N4O/c1-12(2,3)18-9(19)4-5-16-11-8(14)6-7(13)10(15)17-11/h6H,4-5H2,1-3H3,(H,18,19)(H3,15,16,17). The van der Waals surface area contributed by atoms with Crippen LogP contribution in [0, 0.1) is 11.6 Å². The van der Waals surface area contributed by atoms with Gasteiger partial charge in [0, 0.05) is 24.6 Å². The summed E-state index contributed by atoms with van der Waals surface area (Å²) in [5.41, 5.74) is 4.91. The van der Waals surface area contributed by atoms with Gasteiger partial charge in [0.1, 0.15) is 0 Å². The van der Waals surface area contributed by atoms with Crippen molar-refractivity contribution in [2.75, 3.05) is 17.6 Å². The first kappa shape index (κ1) is 15.1. The fourth-order valence-electron chi connectivity index (χ4n) is 1.38. The Morgan fingerprint density at radius 2 is 2.00 bits per heavy atom. The number of carbonyl (C=O) groups is 1. The molecular formula is C12H18F2N4O. The Labute approximate surface area is 110 Å². The van der Waals surface area contributed by atoms with Crippen LogP contribution in [0.15, 0.2) is 6.07 Å². The van der Waals surface area contributed by atoms with Gasteiger partial charge >= 0.3 is 0 Å². The van der Waals surface area contributed by atoms with Gasteiger partial charge in [0.25, 0.3) is 0 Å². The van der Waals surface area contributed by atoms with Crippen molar-refractivity contribution < 1.29 is 13.6 Å². The normalized spacial score (nSPS) is 11.2. The molecule has 0 aliphatic rings.